The third-order valence-corrected chi connectivity index (χ3v) is 6.02. The minimum absolute atomic E-state index is 0.0447. The average Bonchev–Trinajstić information content (AvgIpc) is 3.35. The lowest BCUT2D eigenvalue weighted by Crippen LogP contribution is -2.30. The van der Waals surface area contributed by atoms with E-state index in [9.17, 15) is 18.0 Å². The molecule has 0 saturated carbocycles. The van der Waals surface area contributed by atoms with Crippen molar-refractivity contribution in [3.63, 3.8) is 0 Å². The fourth-order valence-electron chi connectivity index (χ4n) is 2.99. The highest BCUT2D eigenvalue weighted by Crippen LogP contribution is 2.21. The molecular formula is C19H23N3O6S. The Labute approximate surface area is 169 Å². The van der Waals surface area contributed by atoms with Crippen LogP contribution in [-0.2, 0) is 30.9 Å². The fourth-order valence-corrected chi connectivity index (χ4v) is 3.98. The largest absolute Gasteiger partial charge is 0.468 e. The van der Waals surface area contributed by atoms with Crippen LogP contribution < -0.4 is 10.0 Å². The van der Waals surface area contributed by atoms with Gasteiger partial charge in [-0.1, -0.05) is 0 Å². The summed E-state index contributed by atoms with van der Waals surface area (Å²) >= 11 is 0. The third kappa shape index (κ3) is 5.43. The summed E-state index contributed by atoms with van der Waals surface area (Å²) in [5.74, 6) is -0.295. The Kier molecular flexibility index (Phi) is 6.68. The maximum atomic E-state index is 12.4. The van der Waals surface area contributed by atoms with E-state index in [0.29, 0.717) is 31.1 Å². The first-order chi connectivity index (χ1) is 13.9. The average molecular weight is 421 g/mol. The van der Waals surface area contributed by atoms with Crippen LogP contribution in [-0.4, -0.2) is 51.9 Å². The number of sulfonamides is 1. The second kappa shape index (κ2) is 9.21. The second-order valence-electron chi connectivity index (χ2n) is 6.65. The SMILES string of the molecule is COCCN1CC(C(=O)Nc2ccc(S(=O)(=O)NCc3ccco3)cc2)CC1=O. The maximum absolute atomic E-state index is 12.4. The van der Waals surface area contributed by atoms with Crippen LogP contribution >= 0.6 is 0 Å². The van der Waals surface area contributed by atoms with Crippen molar-refractivity contribution < 1.29 is 27.2 Å². The van der Waals surface area contributed by atoms with Gasteiger partial charge in [-0.3, -0.25) is 9.59 Å². The summed E-state index contributed by atoms with van der Waals surface area (Å²) in [4.78, 5) is 26.1. The summed E-state index contributed by atoms with van der Waals surface area (Å²) in [7, 11) is -2.15. The van der Waals surface area contributed by atoms with E-state index in [0.717, 1.165) is 0 Å². The molecule has 0 aliphatic carbocycles. The number of nitrogens with zero attached hydrogens (tertiary/aromatic N) is 1. The Morgan fingerprint density at radius 2 is 2.03 bits per heavy atom. The van der Waals surface area contributed by atoms with E-state index in [1.54, 1.807) is 24.1 Å². The van der Waals surface area contributed by atoms with E-state index in [1.165, 1.54) is 30.5 Å². The Balaban J connectivity index is 1.56. The number of likely N-dealkylation sites (tertiary alicyclic amines) is 1. The molecule has 1 aliphatic heterocycles. The fraction of sp³-hybridized carbons (Fsp3) is 0.368. The number of carbonyl (C=O) groups excluding carboxylic acids is 2. The smallest absolute Gasteiger partial charge is 0.240 e. The number of amides is 2. The van der Waals surface area contributed by atoms with Crippen molar-refractivity contribution in [1.29, 1.82) is 0 Å². The minimum Gasteiger partial charge on any atom is -0.468 e. The van der Waals surface area contributed by atoms with Crippen LogP contribution in [0.5, 0.6) is 0 Å². The molecule has 3 rings (SSSR count). The van der Waals surface area contributed by atoms with Gasteiger partial charge in [0.15, 0.2) is 0 Å². The highest BCUT2D eigenvalue weighted by molar-refractivity contribution is 7.89. The number of furan rings is 1. The van der Waals surface area contributed by atoms with Crippen LogP contribution in [0, 0.1) is 5.92 Å². The summed E-state index contributed by atoms with van der Waals surface area (Å²) in [6, 6.07) is 9.19. The lowest BCUT2D eigenvalue weighted by Gasteiger charge is -2.16. The molecule has 1 aliphatic rings. The summed E-state index contributed by atoms with van der Waals surface area (Å²) in [5.41, 5.74) is 0.461. The van der Waals surface area contributed by atoms with Crippen molar-refractivity contribution in [1.82, 2.24) is 9.62 Å². The molecule has 0 bridgehead atoms. The molecule has 0 radical (unpaired) electrons. The van der Waals surface area contributed by atoms with E-state index < -0.39 is 15.9 Å². The van der Waals surface area contributed by atoms with Gasteiger partial charge < -0.3 is 19.4 Å². The number of hydrogen-bond acceptors (Lipinski definition) is 6. The van der Waals surface area contributed by atoms with Gasteiger partial charge in [-0.15, -0.1) is 0 Å². The number of hydrogen-bond donors (Lipinski definition) is 2. The Bertz CT molecular complexity index is 941. The van der Waals surface area contributed by atoms with Gasteiger partial charge in [-0.05, 0) is 36.4 Å². The number of nitrogens with one attached hydrogen (secondary N) is 2. The number of rotatable bonds is 9. The van der Waals surface area contributed by atoms with Crippen molar-refractivity contribution >= 4 is 27.5 Å². The van der Waals surface area contributed by atoms with Crippen LogP contribution in [0.25, 0.3) is 0 Å². The summed E-state index contributed by atoms with van der Waals surface area (Å²) in [6.45, 7) is 1.26. The van der Waals surface area contributed by atoms with E-state index >= 15 is 0 Å². The number of ether oxygens (including phenoxy) is 1. The predicted octanol–water partition coefficient (Wildman–Crippen LogP) is 1.19. The van der Waals surface area contributed by atoms with E-state index in [4.69, 9.17) is 9.15 Å². The molecule has 2 aromatic rings. The normalized spacial score (nSPS) is 16.9. The van der Waals surface area contributed by atoms with Gasteiger partial charge in [0.25, 0.3) is 0 Å². The van der Waals surface area contributed by atoms with Gasteiger partial charge in [-0.25, -0.2) is 13.1 Å². The standard InChI is InChI=1S/C19H23N3O6S/c1-27-10-8-22-13-14(11-18(22)23)19(24)21-15-4-6-17(7-5-15)29(25,26)20-12-16-3-2-9-28-16/h2-7,9,14,20H,8,10-13H2,1H3,(H,21,24). The molecule has 1 aromatic heterocycles. The van der Waals surface area contributed by atoms with Gasteiger partial charge in [-0.2, -0.15) is 0 Å². The van der Waals surface area contributed by atoms with E-state index in [-0.39, 0.29) is 29.7 Å². The Hall–Kier alpha value is -2.69. The molecule has 2 amide bonds. The zero-order chi connectivity index (χ0) is 20.9. The summed E-state index contributed by atoms with van der Waals surface area (Å²) in [6.07, 6.45) is 1.62. The summed E-state index contributed by atoms with van der Waals surface area (Å²) in [5, 5.41) is 2.73. The van der Waals surface area contributed by atoms with Crippen LogP contribution in [0.15, 0.2) is 52.0 Å². The van der Waals surface area contributed by atoms with E-state index in [2.05, 4.69) is 10.0 Å². The van der Waals surface area contributed by atoms with Crippen LogP contribution in [0.2, 0.25) is 0 Å². The van der Waals surface area contributed by atoms with Gasteiger partial charge in [0.2, 0.25) is 21.8 Å². The first-order valence-electron chi connectivity index (χ1n) is 9.09. The molecule has 1 unspecified atom stereocenters. The van der Waals surface area contributed by atoms with Crippen molar-refractivity contribution in [2.24, 2.45) is 5.92 Å². The third-order valence-electron chi connectivity index (χ3n) is 4.60. The maximum Gasteiger partial charge on any atom is 0.240 e. The molecule has 29 heavy (non-hydrogen) atoms. The molecule has 1 atom stereocenters. The minimum atomic E-state index is -3.71. The van der Waals surface area contributed by atoms with Crippen LogP contribution in [0.4, 0.5) is 5.69 Å². The highest BCUT2D eigenvalue weighted by atomic mass is 32.2. The molecule has 10 heteroatoms. The van der Waals surface area contributed by atoms with E-state index in [1.807, 2.05) is 0 Å². The molecule has 156 valence electrons. The molecule has 1 aromatic carbocycles. The van der Waals surface area contributed by atoms with Crippen LogP contribution in [0.3, 0.4) is 0 Å². The van der Waals surface area contributed by atoms with Crippen molar-refractivity contribution in [3.05, 3.63) is 48.4 Å². The topological polar surface area (TPSA) is 118 Å². The zero-order valence-corrected chi connectivity index (χ0v) is 16.8. The molecule has 1 fully saturated rings. The zero-order valence-electron chi connectivity index (χ0n) is 16.0. The Morgan fingerprint density at radius 1 is 1.28 bits per heavy atom. The van der Waals surface area contributed by atoms with Gasteiger partial charge in [0.05, 0.1) is 30.2 Å². The Morgan fingerprint density at radius 3 is 2.69 bits per heavy atom. The number of benzene rings is 1. The van der Waals surface area contributed by atoms with Crippen molar-refractivity contribution in [2.45, 2.75) is 17.9 Å². The van der Waals surface area contributed by atoms with Crippen molar-refractivity contribution in [3.8, 4) is 0 Å². The van der Waals surface area contributed by atoms with Gasteiger partial charge in [0, 0.05) is 32.3 Å². The first-order valence-corrected chi connectivity index (χ1v) is 10.6. The van der Waals surface area contributed by atoms with Gasteiger partial charge >= 0.3 is 0 Å². The lowest BCUT2D eigenvalue weighted by atomic mass is 10.1. The van der Waals surface area contributed by atoms with Crippen LogP contribution in [0.1, 0.15) is 12.2 Å². The first kappa shape index (κ1) is 21.0. The molecule has 2 heterocycles. The second-order valence-corrected chi connectivity index (χ2v) is 8.42. The monoisotopic (exact) mass is 421 g/mol. The molecule has 0 spiro atoms. The number of carbonyl (C=O) groups is 2. The molecule has 2 N–H and O–H groups in total. The lowest BCUT2D eigenvalue weighted by molar-refractivity contribution is -0.128. The molecule has 9 nitrogen and oxygen atoms in total. The van der Waals surface area contributed by atoms with Gasteiger partial charge in [0.1, 0.15) is 5.76 Å². The van der Waals surface area contributed by atoms with Crippen molar-refractivity contribution in [2.75, 3.05) is 32.1 Å². The summed E-state index contributed by atoms with van der Waals surface area (Å²) < 4.78 is 37.2. The highest BCUT2D eigenvalue weighted by Gasteiger charge is 2.34. The quantitative estimate of drug-likeness (QED) is 0.628. The predicted molar refractivity (Wildman–Crippen MR) is 104 cm³/mol. The molecular weight excluding hydrogens is 398 g/mol. The molecule has 1 saturated heterocycles. The number of methoxy groups -OCH3 is 1. The number of anilines is 1.